The molecule has 0 fully saturated rings. The molecule has 0 aromatic rings. The molecule has 1 nitrogen and oxygen atoms in total. The molecular weight excluding hydrogens is 194 g/mol. The molecule has 0 bridgehead atoms. The molecular formula is C12H20ClN. The lowest BCUT2D eigenvalue weighted by Crippen LogP contribution is -2.31. The van der Waals surface area contributed by atoms with E-state index in [1.54, 1.807) is 0 Å². The number of allylic oxidation sites excluding steroid dienone is 3. The second-order valence-corrected chi connectivity index (χ2v) is 5.13. The van der Waals surface area contributed by atoms with Crippen molar-refractivity contribution in [3.8, 4) is 0 Å². The van der Waals surface area contributed by atoms with Crippen LogP contribution >= 0.6 is 11.6 Å². The van der Waals surface area contributed by atoms with Gasteiger partial charge in [-0.05, 0) is 39.3 Å². The van der Waals surface area contributed by atoms with Crippen LogP contribution < -0.4 is 0 Å². The minimum absolute atomic E-state index is 0.0909. The maximum atomic E-state index is 6.41. The summed E-state index contributed by atoms with van der Waals surface area (Å²) in [4.78, 5) is 2.16. The summed E-state index contributed by atoms with van der Waals surface area (Å²) in [5, 5.41) is 0. The molecule has 1 heterocycles. The van der Waals surface area contributed by atoms with Crippen LogP contribution in [-0.2, 0) is 0 Å². The van der Waals surface area contributed by atoms with Gasteiger partial charge in [0.2, 0.25) is 0 Å². The first-order chi connectivity index (χ1) is 6.55. The molecule has 0 amide bonds. The Morgan fingerprint density at radius 1 is 1.64 bits per heavy atom. The molecule has 1 aliphatic rings. The zero-order valence-electron chi connectivity index (χ0n) is 9.39. The summed E-state index contributed by atoms with van der Waals surface area (Å²) >= 11 is 6.41. The highest BCUT2D eigenvalue weighted by molar-refractivity contribution is 6.23. The Morgan fingerprint density at radius 2 is 2.36 bits per heavy atom. The molecule has 1 unspecified atom stereocenters. The summed E-state index contributed by atoms with van der Waals surface area (Å²) in [7, 11) is 0. The fourth-order valence-electron chi connectivity index (χ4n) is 1.73. The lowest BCUT2D eigenvalue weighted by molar-refractivity contribution is 0.400. The van der Waals surface area contributed by atoms with E-state index in [1.807, 2.05) is 0 Å². The molecule has 0 aliphatic carbocycles. The zero-order valence-corrected chi connectivity index (χ0v) is 10.1. The number of halogens is 1. The Kier molecular flexibility index (Phi) is 4.06. The van der Waals surface area contributed by atoms with E-state index in [0.717, 1.165) is 25.8 Å². The van der Waals surface area contributed by atoms with Crippen LogP contribution in [0.15, 0.2) is 24.0 Å². The van der Waals surface area contributed by atoms with Gasteiger partial charge in [-0.2, -0.15) is 0 Å². The van der Waals surface area contributed by atoms with Crippen molar-refractivity contribution in [3.05, 3.63) is 24.0 Å². The number of hydrogen-bond acceptors (Lipinski definition) is 1. The molecule has 0 saturated carbocycles. The highest BCUT2D eigenvalue weighted by Crippen LogP contribution is 2.27. The van der Waals surface area contributed by atoms with E-state index in [9.17, 15) is 0 Å². The smallest absolute Gasteiger partial charge is 0.0600 e. The van der Waals surface area contributed by atoms with Gasteiger partial charge in [-0.3, -0.25) is 0 Å². The maximum Gasteiger partial charge on any atom is 0.0600 e. The lowest BCUT2D eigenvalue weighted by Gasteiger charge is -2.28. The van der Waals surface area contributed by atoms with Crippen molar-refractivity contribution >= 4 is 11.6 Å². The Morgan fingerprint density at radius 3 is 3.00 bits per heavy atom. The summed E-state index contributed by atoms with van der Waals surface area (Å²) in [6.07, 6.45) is 9.82. The van der Waals surface area contributed by atoms with Gasteiger partial charge < -0.3 is 4.90 Å². The van der Waals surface area contributed by atoms with Crippen LogP contribution in [0.3, 0.4) is 0 Å². The third kappa shape index (κ3) is 3.38. The number of rotatable bonds is 2. The third-order valence-electron chi connectivity index (χ3n) is 2.57. The summed E-state index contributed by atoms with van der Waals surface area (Å²) < 4.78 is 0. The van der Waals surface area contributed by atoms with Crippen molar-refractivity contribution in [1.82, 2.24) is 4.90 Å². The van der Waals surface area contributed by atoms with Gasteiger partial charge in [0, 0.05) is 12.2 Å². The minimum Gasteiger partial charge on any atom is -0.351 e. The molecule has 0 radical (unpaired) electrons. The number of hydrogen-bond donors (Lipinski definition) is 0. The van der Waals surface area contributed by atoms with Crippen LogP contribution in [0, 0.1) is 0 Å². The molecule has 80 valence electrons. The number of alkyl halides is 1. The third-order valence-corrected chi connectivity index (χ3v) is 2.88. The van der Waals surface area contributed by atoms with Gasteiger partial charge in [0.1, 0.15) is 0 Å². The molecule has 1 aliphatic heterocycles. The number of nitrogens with zero attached hydrogens (tertiary/aromatic N) is 1. The molecule has 1 atom stereocenters. The second kappa shape index (κ2) is 4.88. The molecule has 1 rings (SSSR count). The van der Waals surface area contributed by atoms with Gasteiger partial charge >= 0.3 is 0 Å². The Labute approximate surface area is 92.4 Å². The SMILES string of the molecule is CC/C=C(\C)N1C=CCCC(C)(Cl)C1. The summed E-state index contributed by atoms with van der Waals surface area (Å²) in [5.41, 5.74) is 1.30. The molecule has 14 heavy (non-hydrogen) atoms. The van der Waals surface area contributed by atoms with E-state index in [-0.39, 0.29) is 4.87 Å². The van der Waals surface area contributed by atoms with Crippen molar-refractivity contribution in [2.75, 3.05) is 6.54 Å². The van der Waals surface area contributed by atoms with Gasteiger partial charge in [0.15, 0.2) is 0 Å². The van der Waals surface area contributed by atoms with Gasteiger partial charge in [0.25, 0.3) is 0 Å². The second-order valence-electron chi connectivity index (χ2n) is 4.22. The van der Waals surface area contributed by atoms with E-state index in [2.05, 4.69) is 44.0 Å². The first-order valence-electron chi connectivity index (χ1n) is 5.34. The van der Waals surface area contributed by atoms with Crippen LogP contribution in [0.4, 0.5) is 0 Å². The van der Waals surface area contributed by atoms with Crippen molar-refractivity contribution in [2.45, 2.75) is 44.9 Å². The maximum absolute atomic E-state index is 6.41. The van der Waals surface area contributed by atoms with Gasteiger partial charge in [-0.1, -0.05) is 19.1 Å². The van der Waals surface area contributed by atoms with E-state index in [0.29, 0.717) is 0 Å². The largest absolute Gasteiger partial charge is 0.351 e. The summed E-state index contributed by atoms with van der Waals surface area (Å²) in [5.74, 6) is 0. The van der Waals surface area contributed by atoms with E-state index in [1.165, 1.54) is 5.70 Å². The first-order valence-corrected chi connectivity index (χ1v) is 5.72. The van der Waals surface area contributed by atoms with Gasteiger partial charge in [0.05, 0.1) is 4.87 Å². The van der Waals surface area contributed by atoms with Crippen molar-refractivity contribution in [3.63, 3.8) is 0 Å². The lowest BCUT2D eigenvalue weighted by atomic mass is 10.1. The topological polar surface area (TPSA) is 3.24 Å². The highest BCUT2D eigenvalue weighted by Gasteiger charge is 2.24. The predicted octanol–water partition coefficient (Wildman–Crippen LogP) is 3.91. The van der Waals surface area contributed by atoms with Gasteiger partial charge in [-0.25, -0.2) is 0 Å². The summed E-state index contributed by atoms with van der Waals surface area (Å²) in [6, 6.07) is 0. The quantitative estimate of drug-likeness (QED) is 0.629. The van der Waals surface area contributed by atoms with E-state index >= 15 is 0 Å². The monoisotopic (exact) mass is 213 g/mol. The summed E-state index contributed by atoms with van der Waals surface area (Å²) in [6.45, 7) is 7.33. The average molecular weight is 214 g/mol. The molecule has 0 aromatic carbocycles. The molecule has 0 aromatic heterocycles. The Hall–Kier alpha value is -0.430. The predicted molar refractivity (Wildman–Crippen MR) is 63.4 cm³/mol. The van der Waals surface area contributed by atoms with Crippen LogP contribution in [0.25, 0.3) is 0 Å². The van der Waals surface area contributed by atoms with Crippen molar-refractivity contribution in [1.29, 1.82) is 0 Å². The Bertz CT molecular complexity index is 241. The fraction of sp³-hybridized carbons (Fsp3) is 0.667. The molecule has 0 N–H and O–H groups in total. The van der Waals surface area contributed by atoms with Crippen LogP contribution in [0.2, 0.25) is 0 Å². The normalized spacial score (nSPS) is 29.1. The first kappa shape index (κ1) is 11.6. The minimum atomic E-state index is -0.0909. The molecule has 0 spiro atoms. The van der Waals surface area contributed by atoms with Crippen LogP contribution in [0.5, 0.6) is 0 Å². The van der Waals surface area contributed by atoms with Crippen LogP contribution in [-0.4, -0.2) is 16.3 Å². The zero-order chi connectivity index (χ0) is 10.6. The van der Waals surface area contributed by atoms with Gasteiger partial charge in [-0.15, -0.1) is 11.6 Å². The highest BCUT2D eigenvalue weighted by atomic mass is 35.5. The van der Waals surface area contributed by atoms with E-state index < -0.39 is 0 Å². The van der Waals surface area contributed by atoms with E-state index in [4.69, 9.17) is 11.6 Å². The Balaban J connectivity index is 2.72. The van der Waals surface area contributed by atoms with Crippen molar-refractivity contribution in [2.24, 2.45) is 0 Å². The van der Waals surface area contributed by atoms with Crippen LogP contribution in [0.1, 0.15) is 40.0 Å². The van der Waals surface area contributed by atoms with Crippen molar-refractivity contribution < 1.29 is 0 Å². The molecule has 2 heteroatoms. The fourth-order valence-corrected chi connectivity index (χ4v) is 1.97. The molecule has 0 saturated heterocycles. The average Bonchev–Trinajstić information content (AvgIpc) is 2.27. The standard InChI is InChI=1S/C12H20ClN/c1-4-7-11(2)14-9-6-5-8-12(3,13)10-14/h6-7,9H,4-5,8,10H2,1-3H3/b11-7+.